The standard InChI is InChI=1S/C20H19F7IN3O4S/c1-36(33,34)12-2-3-15(35-18(28)20(25,26)27)13(9-12)17(32)31-6-4-30(5-7-31)16-14(21)8-11(10-29-16)19(22,23)24/h2-3,9-10,14,18H,4-8H2,1H3/p+1/t14?,18-/m1/s1. The fraction of sp³-hybridized carbons (Fsp3) is 0.500. The van der Waals surface area contributed by atoms with E-state index in [0.717, 1.165) is 47.0 Å². The highest BCUT2D eigenvalue weighted by Crippen LogP contribution is 2.34. The summed E-state index contributed by atoms with van der Waals surface area (Å²) >= 11 is 1.01. The van der Waals surface area contributed by atoms with Crippen LogP contribution in [0.1, 0.15) is 12.0 Å². The lowest BCUT2D eigenvalue weighted by molar-refractivity contribution is -0.544. The van der Waals surface area contributed by atoms with Crippen molar-refractivity contribution >= 4 is 44.2 Å². The number of aliphatic imine (C=N–C) groups is 1. The molecule has 1 N–H and O–H groups in total. The van der Waals surface area contributed by atoms with Gasteiger partial charge in [0.25, 0.3) is 0 Å². The van der Waals surface area contributed by atoms with Gasteiger partial charge in [-0.1, -0.05) is 0 Å². The third-order valence-corrected chi connectivity index (χ3v) is 7.48. The molecular formula is C20H20F7IN3O4S+. The summed E-state index contributed by atoms with van der Waals surface area (Å²) in [4.78, 5) is 4.76. The molecule has 0 spiro atoms. The fourth-order valence-electron chi connectivity index (χ4n) is 3.54. The Hall–Kier alpha value is -2.11. The minimum atomic E-state index is -4.74. The van der Waals surface area contributed by atoms with Gasteiger partial charge < -0.3 is 14.7 Å². The lowest BCUT2D eigenvalue weighted by atomic mass is 10.1. The van der Waals surface area contributed by atoms with Crippen LogP contribution < -0.4 is 4.74 Å². The van der Waals surface area contributed by atoms with Crippen molar-refractivity contribution in [2.24, 2.45) is 4.99 Å². The number of ether oxygens (including phenoxy) is 1. The largest absolute Gasteiger partial charge is 0.470 e. The summed E-state index contributed by atoms with van der Waals surface area (Å²) in [5, 5.41) is 10.8. The number of piperazine rings is 1. The molecule has 0 aliphatic carbocycles. The molecule has 2 atom stereocenters. The second-order valence-electron chi connectivity index (χ2n) is 8.01. The number of aliphatic hydroxyl groups is 1. The number of aliphatic hydroxyl groups excluding tert-OH is 1. The number of benzene rings is 1. The van der Waals surface area contributed by atoms with Gasteiger partial charge in [0.2, 0.25) is 4.11 Å². The number of alkyl halides is 8. The van der Waals surface area contributed by atoms with E-state index in [4.69, 9.17) is 4.74 Å². The molecule has 16 heteroatoms. The predicted molar refractivity (Wildman–Crippen MR) is 123 cm³/mol. The molecule has 1 aromatic rings. The number of halogens is 8. The topological polar surface area (TPSA) is 82.2 Å². The molecule has 2 aliphatic heterocycles. The number of rotatable bonds is 4. The Labute approximate surface area is 215 Å². The van der Waals surface area contributed by atoms with Crippen LogP contribution in [0.2, 0.25) is 0 Å². The van der Waals surface area contributed by atoms with Gasteiger partial charge in [0.1, 0.15) is 17.1 Å². The van der Waals surface area contributed by atoms with Crippen molar-refractivity contribution in [1.82, 2.24) is 4.90 Å². The summed E-state index contributed by atoms with van der Waals surface area (Å²) in [5.41, 5.74) is -1.39. The van der Waals surface area contributed by atoms with Crippen LogP contribution in [0.15, 0.2) is 39.9 Å². The molecule has 36 heavy (non-hydrogen) atoms. The normalized spacial score (nSPS) is 20.5. The first-order valence-electron chi connectivity index (χ1n) is 10.2. The number of nitrogens with zero attached hydrogens (tertiary/aromatic N) is 3. The van der Waals surface area contributed by atoms with E-state index in [1.807, 2.05) is 0 Å². The Morgan fingerprint density at radius 1 is 1.22 bits per heavy atom. The molecular weight excluding hydrogens is 638 g/mol. The Bertz CT molecular complexity index is 1200. The van der Waals surface area contributed by atoms with Crippen molar-refractivity contribution in [1.29, 1.82) is 0 Å². The van der Waals surface area contributed by atoms with Crippen LogP contribution in [-0.4, -0.2) is 89.8 Å². The third kappa shape index (κ3) is 6.60. The first-order valence-corrected chi connectivity index (χ1v) is 13.4. The lowest BCUT2D eigenvalue weighted by Gasteiger charge is -2.31. The van der Waals surface area contributed by atoms with Crippen LogP contribution in [0.4, 0.5) is 30.7 Å². The average Bonchev–Trinajstić information content (AvgIpc) is 2.77. The number of allylic oxidation sites excluding steroid dienone is 1. The van der Waals surface area contributed by atoms with E-state index < -0.39 is 56.1 Å². The Morgan fingerprint density at radius 2 is 1.83 bits per heavy atom. The van der Waals surface area contributed by atoms with Gasteiger partial charge >= 0.3 is 18.3 Å². The van der Waals surface area contributed by atoms with Gasteiger partial charge in [-0.3, -0.25) is 0 Å². The summed E-state index contributed by atoms with van der Waals surface area (Å²) in [6.45, 7) is 0.0294. The molecule has 0 aromatic heterocycles. The van der Waals surface area contributed by atoms with Crippen molar-refractivity contribution in [3.05, 3.63) is 35.5 Å². The number of hydrogen-bond acceptors (Lipinski definition) is 5. The highest BCUT2D eigenvalue weighted by Gasteiger charge is 2.42. The van der Waals surface area contributed by atoms with E-state index in [1.54, 1.807) is 0 Å². The van der Waals surface area contributed by atoms with Crippen LogP contribution in [0.3, 0.4) is 0 Å². The second-order valence-corrected chi connectivity index (χ2v) is 11.2. The van der Waals surface area contributed by atoms with Gasteiger partial charge in [-0.25, -0.2) is 17.8 Å². The van der Waals surface area contributed by atoms with Crippen molar-refractivity contribution in [3.63, 3.8) is 0 Å². The first kappa shape index (κ1) is 28.5. The molecule has 3 rings (SSSR count). The van der Waals surface area contributed by atoms with E-state index in [-0.39, 0.29) is 42.5 Å². The minimum Gasteiger partial charge on any atom is -0.470 e. The SMILES string of the molecule is CS(=O)(=O)c1ccc(O[C@@H](I)C(F)(F)F)c(C(O)=[N+]2CCN(C3=NC=C(C(F)(F)F)CC3F)CC2)c1. The van der Waals surface area contributed by atoms with Crippen molar-refractivity contribution in [3.8, 4) is 5.75 Å². The zero-order valence-electron chi connectivity index (χ0n) is 18.4. The van der Waals surface area contributed by atoms with Gasteiger partial charge in [0.15, 0.2) is 29.1 Å². The smallest absolute Gasteiger partial charge is 0.434 e. The third-order valence-electron chi connectivity index (χ3n) is 5.41. The maximum atomic E-state index is 14.4. The molecule has 200 valence electrons. The quantitative estimate of drug-likeness (QED) is 0.174. The fourth-order valence-corrected chi connectivity index (χ4v) is 4.46. The van der Waals surface area contributed by atoms with Crippen LogP contribution in [-0.2, 0) is 9.84 Å². The van der Waals surface area contributed by atoms with Crippen molar-refractivity contribution < 1.29 is 53.6 Å². The summed E-state index contributed by atoms with van der Waals surface area (Å²) in [7, 11) is -3.78. The highest BCUT2D eigenvalue weighted by atomic mass is 127. The van der Waals surface area contributed by atoms with Crippen LogP contribution in [0.5, 0.6) is 5.75 Å². The van der Waals surface area contributed by atoms with Gasteiger partial charge in [-0.15, -0.1) is 0 Å². The molecule has 1 saturated heterocycles. The lowest BCUT2D eigenvalue weighted by Crippen LogP contribution is -2.50. The van der Waals surface area contributed by atoms with Crippen LogP contribution in [0.25, 0.3) is 0 Å². The molecule has 1 aromatic carbocycles. The summed E-state index contributed by atoms with van der Waals surface area (Å²) in [5.74, 6) is -1.17. The summed E-state index contributed by atoms with van der Waals surface area (Å²) in [6, 6.07) is 3.04. The molecule has 0 bridgehead atoms. The van der Waals surface area contributed by atoms with Crippen LogP contribution >= 0.6 is 22.6 Å². The van der Waals surface area contributed by atoms with E-state index in [1.165, 1.54) is 9.48 Å². The molecule has 2 heterocycles. The van der Waals surface area contributed by atoms with E-state index in [9.17, 15) is 44.3 Å². The van der Waals surface area contributed by atoms with Gasteiger partial charge in [0.05, 0.1) is 23.6 Å². The summed E-state index contributed by atoms with van der Waals surface area (Å²) < 4.78 is 120. The molecule has 2 aliphatic rings. The Kier molecular flexibility index (Phi) is 8.17. The molecule has 7 nitrogen and oxygen atoms in total. The van der Waals surface area contributed by atoms with E-state index in [0.29, 0.717) is 6.20 Å². The monoisotopic (exact) mass is 658 g/mol. The van der Waals surface area contributed by atoms with E-state index >= 15 is 0 Å². The van der Waals surface area contributed by atoms with Gasteiger partial charge in [0, 0.05) is 18.9 Å². The first-order chi connectivity index (χ1) is 16.5. The molecule has 0 radical (unpaired) electrons. The molecule has 1 unspecified atom stereocenters. The predicted octanol–water partition coefficient (Wildman–Crippen LogP) is 4.01. The van der Waals surface area contributed by atoms with Crippen LogP contribution in [0, 0.1) is 0 Å². The zero-order chi connectivity index (χ0) is 27.1. The molecule has 1 fully saturated rings. The average molecular weight is 658 g/mol. The summed E-state index contributed by atoms with van der Waals surface area (Å²) in [6.07, 6.45) is -10.8. The maximum absolute atomic E-state index is 14.4. The van der Waals surface area contributed by atoms with E-state index in [2.05, 4.69) is 4.99 Å². The number of hydrogen-bond donors (Lipinski definition) is 1. The van der Waals surface area contributed by atoms with Crippen molar-refractivity contribution in [2.45, 2.75) is 34.0 Å². The Balaban J connectivity index is 1.88. The molecule has 0 saturated carbocycles. The highest BCUT2D eigenvalue weighted by molar-refractivity contribution is 14.1. The Morgan fingerprint density at radius 3 is 2.33 bits per heavy atom. The van der Waals surface area contributed by atoms with Crippen molar-refractivity contribution in [2.75, 3.05) is 32.4 Å². The zero-order valence-corrected chi connectivity index (χ0v) is 21.4. The number of sulfone groups is 1. The maximum Gasteiger partial charge on any atom is 0.434 e. The minimum absolute atomic E-state index is 0.0110. The van der Waals surface area contributed by atoms with Gasteiger partial charge in [-0.2, -0.15) is 30.9 Å². The van der Waals surface area contributed by atoms with Gasteiger partial charge in [-0.05, 0) is 40.8 Å². The molecule has 0 amide bonds. The number of amidine groups is 1. The second kappa shape index (κ2) is 10.3.